The van der Waals surface area contributed by atoms with Crippen LogP contribution in [0.1, 0.15) is 22.8 Å². The topological polar surface area (TPSA) is 55.4 Å². The summed E-state index contributed by atoms with van der Waals surface area (Å²) >= 11 is 5.47. The molecule has 1 N–H and O–H groups in total. The zero-order valence-corrected chi connectivity index (χ0v) is 14.3. The van der Waals surface area contributed by atoms with Gasteiger partial charge in [-0.25, -0.2) is 13.6 Å². The minimum Gasteiger partial charge on any atom is -0.449 e. The SMILES string of the molecule is C[C@H](OC(=O)c1c(F)cccc1F)C(=O)Nc1ccc(Cl)c(C(F)(F)F)c1. The highest BCUT2D eigenvalue weighted by molar-refractivity contribution is 6.31. The average Bonchev–Trinajstić information content (AvgIpc) is 2.55. The van der Waals surface area contributed by atoms with Crippen molar-refractivity contribution < 1.29 is 36.3 Å². The number of anilines is 1. The van der Waals surface area contributed by atoms with Crippen LogP contribution in [0, 0.1) is 11.6 Å². The van der Waals surface area contributed by atoms with E-state index in [-0.39, 0.29) is 5.69 Å². The van der Waals surface area contributed by atoms with Crippen molar-refractivity contribution in [2.24, 2.45) is 0 Å². The van der Waals surface area contributed by atoms with Crippen LogP contribution in [0.5, 0.6) is 0 Å². The second-order valence-corrected chi connectivity index (χ2v) is 5.73. The van der Waals surface area contributed by atoms with E-state index in [1.807, 2.05) is 0 Å². The molecule has 0 aliphatic heterocycles. The number of rotatable bonds is 4. The van der Waals surface area contributed by atoms with Crippen molar-refractivity contribution in [2.75, 3.05) is 5.32 Å². The molecule has 0 spiro atoms. The van der Waals surface area contributed by atoms with E-state index in [4.69, 9.17) is 11.6 Å². The van der Waals surface area contributed by atoms with Gasteiger partial charge < -0.3 is 10.1 Å². The van der Waals surface area contributed by atoms with Gasteiger partial charge in [-0.1, -0.05) is 17.7 Å². The van der Waals surface area contributed by atoms with E-state index >= 15 is 0 Å². The van der Waals surface area contributed by atoms with Crippen LogP contribution < -0.4 is 5.32 Å². The summed E-state index contributed by atoms with van der Waals surface area (Å²) in [7, 11) is 0. The van der Waals surface area contributed by atoms with Crippen LogP contribution in [0.4, 0.5) is 27.6 Å². The molecule has 0 radical (unpaired) electrons. The summed E-state index contributed by atoms with van der Waals surface area (Å²) in [6.45, 7) is 1.09. The monoisotopic (exact) mass is 407 g/mol. The Labute approximate surface area is 154 Å². The number of ether oxygens (including phenoxy) is 1. The first-order chi connectivity index (χ1) is 12.5. The summed E-state index contributed by atoms with van der Waals surface area (Å²) in [6, 6.07) is 5.35. The predicted molar refractivity (Wildman–Crippen MR) is 86.3 cm³/mol. The summed E-state index contributed by atoms with van der Waals surface area (Å²) in [4.78, 5) is 23.8. The van der Waals surface area contributed by atoms with E-state index in [0.29, 0.717) is 6.07 Å². The van der Waals surface area contributed by atoms with Gasteiger partial charge in [-0.2, -0.15) is 13.2 Å². The van der Waals surface area contributed by atoms with Crippen molar-refractivity contribution in [3.05, 3.63) is 64.2 Å². The Morgan fingerprint density at radius 3 is 2.26 bits per heavy atom. The zero-order chi connectivity index (χ0) is 20.4. The van der Waals surface area contributed by atoms with Crippen LogP contribution in [0.2, 0.25) is 5.02 Å². The number of carbonyl (C=O) groups excluding carboxylic acids is 2. The molecule has 1 amide bonds. The first-order valence-corrected chi connectivity index (χ1v) is 7.71. The Morgan fingerprint density at radius 1 is 1.11 bits per heavy atom. The van der Waals surface area contributed by atoms with Gasteiger partial charge in [-0.15, -0.1) is 0 Å². The summed E-state index contributed by atoms with van der Waals surface area (Å²) in [5, 5.41) is 1.54. The molecule has 27 heavy (non-hydrogen) atoms. The first kappa shape index (κ1) is 20.6. The van der Waals surface area contributed by atoms with E-state index in [9.17, 15) is 31.5 Å². The quantitative estimate of drug-likeness (QED) is 0.584. The third-order valence-electron chi connectivity index (χ3n) is 3.36. The molecular formula is C17H11ClF5NO3. The molecule has 0 aliphatic rings. The predicted octanol–water partition coefficient (Wildman–Crippen LogP) is 4.82. The highest BCUT2D eigenvalue weighted by Crippen LogP contribution is 2.36. The minimum atomic E-state index is -4.74. The molecule has 0 aliphatic carbocycles. The molecule has 2 aromatic carbocycles. The number of hydrogen-bond acceptors (Lipinski definition) is 3. The number of halogens is 6. The maximum absolute atomic E-state index is 13.5. The van der Waals surface area contributed by atoms with Crippen LogP contribution in [0.3, 0.4) is 0 Å². The number of amides is 1. The van der Waals surface area contributed by atoms with E-state index in [1.165, 1.54) is 0 Å². The largest absolute Gasteiger partial charge is 0.449 e. The maximum atomic E-state index is 13.5. The zero-order valence-electron chi connectivity index (χ0n) is 13.5. The van der Waals surface area contributed by atoms with E-state index in [2.05, 4.69) is 10.1 Å². The van der Waals surface area contributed by atoms with E-state index in [0.717, 1.165) is 37.3 Å². The fourth-order valence-corrected chi connectivity index (χ4v) is 2.25. The van der Waals surface area contributed by atoms with Gasteiger partial charge in [-0.3, -0.25) is 4.79 Å². The molecule has 0 saturated carbocycles. The summed E-state index contributed by atoms with van der Waals surface area (Å²) in [5.41, 5.74) is -2.40. The van der Waals surface area contributed by atoms with Gasteiger partial charge in [-0.05, 0) is 37.3 Å². The Hall–Kier alpha value is -2.68. The fraction of sp³-hybridized carbons (Fsp3) is 0.176. The molecule has 4 nitrogen and oxygen atoms in total. The lowest BCUT2D eigenvalue weighted by Gasteiger charge is -2.15. The Morgan fingerprint density at radius 2 is 1.70 bits per heavy atom. The van der Waals surface area contributed by atoms with Gasteiger partial charge in [0.1, 0.15) is 17.2 Å². The number of esters is 1. The number of hydrogen-bond donors (Lipinski definition) is 1. The fourth-order valence-electron chi connectivity index (χ4n) is 2.03. The molecule has 2 rings (SSSR count). The number of carbonyl (C=O) groups is 2. The van der Waals surface area contributed by atoms with Crippen molar-refractivity contribution in [2.45, 2.75) is 19.2 Å². The molecule has 0 unspecified atom stereocenters. The van der Waals surface area contributed by atoms with Gasteiger partial charge in [0.2, 0.25) is 0 Å². The van der Waals surface area contributed by atoms with Crippen molar-refractivity contribution in [1.29, 1.82) is 0 Å². The Balaban J connectivity index is 2.11. The van der Waals surface area contributed by atoms with Crippen molar-refractivity contribution in [3.63, 3.8) is 0 Å². The lowest BCUT2D eigenvalue weighted by atomic mass is 10.2. The molecule has 1 atom stereocenters. The minimum absolute atomic E-state index is 0.253. The van der Waals surface area contributed by atoms with Gasteiger partial charge >= 0.3 is 12.1 Å². The molecular weight excluding hydrogens is 397 g/mol. The lowest BCUT2D eigenvalue weighted by Crippen LogP contribution is -2.30. The van der Waals surface area contributed by atoms with Crippen LogP contribution >= 0.6 is 11.6 Å². The molecule has 2 aromatic rings. The molecule has 0 saturated heterocycles. The normalized spacial score (nSPS) is 12.4. The van der Waals surface area contributed by atoms with Crippen LogP contribution in [-0.2, 0) is 15.7 Å². The Kier molecular flexibility index (Phi) is 6.04. The lowest BCUT2D eigenvalue weighted by molar-refractivity contribution is -0.137. The molecule has 10 heteroatoms. The Bertz CT molecular complexity index is 865. The summed E-state index contributed by atoms with van der Waals surface area (Å²) in [5.74, 6) is -4.80. The van der Waals surface area contributed by atoms with Crippen molar-refractivity contribution in [1.82, 2.24) is 0 Å². The van der Waals surface area contributed by atoms with Crippen LogP contribution in [0.25, 0.3) is 0 Å². The first-order valence-electron chi connectivity index (χ1n) is 7.33. The van der Waals surface area contributed by atoms with Crippen LogP contribution in [0.15, 0.2) is 36.4 Å². The highest BCUT2D eigenvalue weighted by Gasteiger charge is 2.33. The van der Waals surface area contributed by atoms with Gasteiger partial charge in [0, 0.05) is 5.69 Å². The van der Waals surface area contributed by atoms with Crippen molar-refractivity contribution in [3.8, 4) is 0 Å². The number of benzene rings is 2. The number of nitrogens with one attached hydrogen (secondary N) is 1. The van der Waals surface area contributed by atoms with Crippen molar-refractivity contribution >= 4 is 29.2 Å². The third-order valence-corrected chi connectivity index (χ3v) is 3.69. The van der Waals surface area contributed by atoms with E-state index < -0.39 is 51.9 Å². The smallest absolute Gasteiger partial charge is 0.417 e. The molecule has 0 bridgehead atoms. The summed E-state index contributed by atoms with van der Waals surface area (Å²) < 4.78 is 70.2. The second-order valence-electron chi connectivity index (χ2n) is 5.33. The molecule has 0 heterocycles. The summed E-state index contributed by atoms with van der Waals surface area (Å²) in [6.07, 6.45) is -6.28. The molecule has 0 fully saturated rings. The standard InChI is InChI=1S/C17H11ClF5NO3/c1-8(27-16(26)14-12(19)3-2-4-13(14)20)15(25)24-9-5-6-11(18)10(7-9)17(21,22)23/h2-8H,1H3,(H,24,25)/t8-/m0/s1. The average molecular weight is 408 g/mol. The third kappa shape index (κ3) is 4.94. The van der Waals surface area contributed by atoms with Gasteiger partial charge in [0.25, 0.3) is 5.91 Å². The number of alkyl halides is 3. The maximum Gasteiger partial charge on any atom is 0.417 e. The van der Waals surface area contributed by atoms with E-state index in [1.54, 1.807) is 0 Å². The molecule has 0 aromatic heterocycles. The van der Waals surface area contributed by atoms with Gasteiger partial charge in [0.05, 0.1) is 10.6 Å². The van der Waals surface area contributed by atoms with Gasteiger partial charge in [0.15, 0.2) is 6.10 Å². The highest BCUT2D eigenvalue weighted by atomic mass is 35.5. The van der Waals surface area contributed by atoms with Crippen LogP contribution in [-0.4, -0.2) is 18.0 Å². The molecule has 144 valence electrons. The second kappa shape index (κ2) is 7.91.